The summed E-state index contributed by atoms with van der Waals surface area (Å²) in [6, 6.07) is 14.8. The van der Waals surface area contributed by atoms with Crippen LogP contribution in [0.5, 0.6) is 0 Å². The maximum absolute atomic E-state index is 6.19. The topological polar surface area (TPSA) is 68.2 Å². The number of imidazole rings is 1. The molecule has 3 N–H and O–H groups in total. The Balaban J connectivity index is 1.70. The van der Waals surface area contributed by atoms with Crippen LogP contribution in [-0.2, 0) is 25.9 Å². The summed E-state index contributed by atoms with van der Waals surface area (Å²) < 4.78 is 2.13. The molecule has 5 heteroatoms. The predicted octanol–water partition coefficient (Wildman–Crippen LogP) is 4.29. The van der Waals surface area contributed by atoms with Gasteiger partial charge in [0.05, 0.1) is 6.54 Å². The lowest BCUT2D eigenvalue weighted by atomic mass is 10.0. The van der Waals surface area contributed by atoms with Crippen LogP contribution in [0, 0.1) is 6.92 Å². The monoisotopic (exact) mass is 375 g/mol. The van der Waals surface area contributed by atoms with Crippen LogP contribution < -0.4 is 11.1 Å². The minimum absolute atomic E-state index is 0.450. The second kappa shape index (κ2) is 9.22. The molecule has 28 heavy (non-hydrogen) atoms. The van der Waals surface area contributed by atoms with Crippen molar-refractivity contribution in [3.63, 3.8) is 0 Å². The normalized spacial score (nSPS) is 11.6. The molecule has 0 amide bonds. The molecular formula is C23H29N5. The minimum atomic E-state index is 0.450. The van der Waals surface area contributed by atoms with Gasteiger partial charge in [-0.15, -0.1) is 0 Å². The number of anilines is 1. The SMILES string of the molecule is CCc1cccc(CC)c1NC(N)=NCc1cccc(Cn2ccnc2C)c1. The zero-order valence-electron chi connectivity index (χ0n) is 16.9. The third kappa shape index (κ3) is 4.80. The highest BCUT2D eigenvalue weighted by Gasteiger charge is 2.07. The lowest BCUT2D eigenvalue weighted by molar-refractivity contribution is 0.760. The Labute approximate surface area is 167 Å². The van der Waals surface area contributed by atoms with Gasteiger partial charge in [0.1, 0.15) is 5.82 Å². The lowest BCUT2D eigenvalue weighted by Crippen LogP contribution is -2.24. The summed E-state index contributed by atoms with van der Waals surface area (Å²) >= 11 is 0. The Hall–Kier alpha value is -3.08. The predicted molar refractivity (Wildman–Crippen MR) is 117 cm³/mol. The minimum Gasteiger partial charge on any atom is -0.370 e. The number of benzene rings is 2. The zero-order chi connectivity index (χ0) is 19.9. The molecule has 0 aliphatic rings. The van der Waals surface area contributed by atoms with E-state index < -0.39 is 0 Å². The van der Waals surface area contributed by atoms with Crippen molar-refractivity contribution in [2.45, 2.75) is 46.7 Å². The molecule has 0 saturated heterocycles. The number of aromatic nitrogens is 2. The average Bonchev–Trinajstić information content (AvgIpc) is 3.11. The van der Waals surface area contributed by atoms with Crippen molar-refractivity contribution >= 4 is 11.6 Å². The zero-order valence-corrected chi connectivity index (χ0v) is 16.9. The fourth-order valence-electron chi connectivity index (χ4n) is 3.34. The van der Waals surface area contributed by atoms with Crippen LogP contribution in [0.1, 0.15) is 41.9 Å². The van der Waals surface area contributed by atoms with E-state index >= 15 is 0 Å². The van der Waals surface area contributed by atoms with Crippen LogP contribution >= 0.6 is 0 Å². The maximum atomic E-state index is 6.19. The Morgan fingerprint density at radius 2 is 1.75 bits per heavy atom. The van der Waals surface area contributed by atoms with E-state index in [4.69, 9.17) is 5.73 Å². The molecule has 1 heterocycles. The number of aryl methyl sites for hydroxylation is 3. The standard InChI is InChI=1S/C23H29N5/c1-4-20-10-7-11-21(5-2)22(20)27-23(24)26-15-18-8-6-9-19(14-18)16-28-13-12-25-17(28)3/h6-14H,4-5,15-16H2,1-3H3,(H3,24,26,27). The van der Waals surface area contributed by atoms with Gasteiger partial charge in [-0.05, 0) is 42.0 Å². The number of nitrogens with zero attached hydrogens (tertiary/aromatic N) is 3. The number of nitrogens with one attached hydrogen (secondary N) is 1. The molecular weight excluding hydrogens is 346 g/mol. The molecule has 1 aromatic heterocycles. The van der Waals surface area contributed by atoms with Crippen LogP contribution in [0.2, 0.25) is 0 Å². The second-order valence-electron chi connectivity index (χ2n) is 6.91. The number of hydrogen-bond acceptors (Lipinski definition) is 2. The van der Waals surface area contributed by atoms with Crippen molar-refractivity contribution in [3.05, 3.63) is 82.9 Å². The van der Waals surface area contributed by atoms with E-state index in [-0.39, 0.29) is 0 Å². The van der Waals surface area contributed by atoms with Crippen molar-refractivity contribution < 1.29 is 0 Å². The molecule has 0 spiro atoms. The third-order valence-corrected chi connectivity index (χ3v) is 4.95. The molecule has 3 aromatic rings. The second-order valence-corrected chi connectivity index (χ2v) is 6.91. The third-order valence-electron chi connectivity index (χ3n) is 4.95. The fraction of sp³-hybridized carbons (Fsp3) is 0.304. The largest absolute Gasteiger partial charge is 0.370 e. The first-order chi connectivity index (χ1) is 13.6. The molecule has 0 fully saturated rings. The molecule has 0 unspecified atom stereocenters. The van der Waals surface area contributed by atoms with E-state index in [1.807, 2.05) is 19.3 Å². The first kappa shape index (κ1) is 19.7. The first-order valence-electron chi connectivity index (χ1n) is 9.84. The molecule has 0 bridgehead atoms. The summed E-state index contributed by atoms with van der Waals surface area (Å²) in [7, 11) is 0. The summed E-state index contributed by atoms with van der Waals surface area (Å²) in [5.74, 6) is 1.46. The summed E-state index contributed by atoms with van der Waals surface area (Å²) in [5, 5.41) is 3.33. The van der Waals surface area contributed by atoms with E-state index in [0.717, 1.165) is 36.5 Å². The van der Waals surface area contributed by atoms with E-state index in [9.17, 15) is 0 Å². The number of rotatable bonds is 7. The number of nitrogens with two attached hydrogens (primary N) is 1. The molecule has 0 aliphatic carbocycles. The molecule has 2 aromatic carbocycles. The molecule has 3 rings (SSSR count). The van der Waals surface area contributed by atoms with Gasteiger partial charge < -0.3 is 15.6 Å². The number of guanidine groups is 1. The van der Waals surface area contributed by atoms with Gasteiger partial charge in [-0.1, -0.05) is 56.3 Å². The average molecular weight is 376 g/mol. The van der Waals surface area contributed by atoms with Crippen molar-refractivity contribution in [1.29, 1.82) is 0 Å². The molecule has 0 atom stereocenters. The van der Waals surface area contributed by atoms with Crippen LogP contribution in [-0.4, -0.2) is 15.5 Å². The highest BCUT2D eigenvalue weighted by atomic mass is 15.1. The fourth-order valence-corrected chi connectivity index (χ4v) is 3.34. The molecule has 0 saturated carbocycles. The van der Waals surface area contributed by atoms with Crippen molar-refractivity contribution in [2.24, 2.45) is 10.7 Å². The number of hydrogen-bond donors (Lipinski definition) is 2. The highest BCUT2D eigenvalue weighted by Crippen LogP contribution is 2.22. The van der Waals surface area contributed by atoms with Crippen LogP contribution in [0.25, 0.3) is 0 Å². The van der Waals surface area contributed by atoms with Gasteiger partial charge in [0.2, 0.25) is 0 Å². The Morgan fingerprint density at radius 1 is 1.07 bits per heavy atom. The summed E-state index contributed by atoms with van der Waals surface area (Å²) in [5.41, 5.74) is 12.2. The van der Waals surface area contributed by atoms with E-state index in [1.165, 1.54) is 16.7 Å². The molecule has 0 aliphatic heterocycles. The van der Waals surface area contributed by atoms with Gasteiger partial charge in [0.15, 0.2) is 5.96 Å². The van der Waals surface area contributed by atoms with Crippen LogP contribution in [0.15, 0.2) is 59.9 Å². The Kier molecular flexibility index (Phi) is 6.48. The Morgan fingerprint density at radius 3 is 2.39 bits per heavy atom. The summed E-state index contributed by atoms with van der Waals surface area (Å²) in [6.07, 6.45) is 5.74. The van der Waals surface area contributed by atoms with E-state index in [2.05, 4.69) is 76.2 Å². The first-order valence-corrected chi connectivity index (χ1v) is 9.84. The van der Waals surface area contributed by atoms with Gasteiger partial charge in [0.25, 0.3) is 0 Å². The van der Waals surface area contributed by atoms with Crippen LogP contribution in [0.3, 0.4) is 0 Å². The van der Waals surface area contributed by atoms with Crippen LogP contribution in [0.4, 0.5) is 5.69 Å². The number of aliphatic imine (C=N–C) groups is 1. The quantitative estimate of drug-likeness (QED) is 0.478. The summed E-state index contributed by atoms with van der Waals surface area (Å²) in [6.45, 7) is 7.67. The van der Waals surface area contributed by atoms with E-state index in [0.29, 0.717) is 12.5 Å². The highest BCUT2D eigenvalue weighted by molar-refractivity contribution is 5.93. The van der Waals surface area contributed by atoms with Gasteiger partial charge in [-0.2, -0.15) is 0 Å². The molecule has 146 valence electrons. The van der Waals surface area contributed by atoms with Gasteiger partial charge in [-0.3, -0.25) is 0 Å². The lowest BCUT2D eigenvalue weighted by Gasteiger charge is -2.15. The van der Waals surface area contributed by atoms with Crippen molar-refractivity contribution in [3.8, 4) is 0 Å². The van der Waals surface area contributed by atoms with E-state index in [1.54, 1.807) is 0 Å². The molecule has 0 radical (unpaired) electrons. The van der Waals surface area contributed by atoms with Gasteiger partial charge in [-0.25, -0.2) is 9.98 Å². The van der Waals surface area contributed by atoms with Gasteiger partial charge >= 0.3 is 0 Å². The van der Waals surface area contributed by atoms with Crippen molar-refractivity contribution in [1.82, 2.24) is 9.55 Å². The maximum Gasteiger partial charge on any atom is 0.193 e. The molecule has 5 nitrogen and oxygen atoms in total. The number of para-hydroxylation sites is 1. The summed E-state index contributed by atoms with van der Waals surface area (Å²) in [4.78, 5) is 8.84. The Bertz CT molecular complexity index is 933. The smallest absolute Gasteiger partial charge is 0.193 e. The van der Waals surface area contributed by atoms with Crippen molar-refractivity contribution in [2.75, 3.05) is 5.32 Å². The van der Waals surface area contributed by atoms with Gasteiger partial charge in [0, 0.05) is 24.6 Å².